The summed E-state index contributed by atoms with van der Waals surface area (Å²) < 4.78 is 17.7. The van der Waals surface area contributed by atoms with Crippen LogP contribution in [0.5, 0.6) is 0 Å². The Morgan fingerprint density at radius 2 is 2.33 bits per heavy atom. The molecule has 0 aliphatic rings. The van der Waals surface area contributed by atoms with Crippen LogP contribution in [0.4, 0.5) is 10.1 Å². The molecule has 1 aromatic rings. The first kappa shape index (κ1) is 11.5. The first-order chi connectivity index (χ1) is 7.27. The maximum absolute atomic E-state index is 12.8. The van der Waals surface area contributed by atoms with Crippen LogP contribution in [0, 0.1) is 17.1 Å². The monoisotopic (exact) mass is 208 g/mol. The van der Waals surface area contributed by atoms with Gasteiger partial charge in [-0.25, -0.2) is 4.39 Å². The molecule has 1 N–H and O–H groups in total. The standard InChI is InChI=1S/C11H13FN2O/c1-15-6-2-5-14-11-4-3-10(12)7-9(11)8-13/h3-4,7,14H,2,5-6H2,1H3. The van der Waals surface area contributed by atoms with E-state index in [-0.39, 0.29) is 0 Å². The zero-order valence-corrected chi connectivity index (χ0v) is 8.59. The van der Waals surface area contributed by atoms with E-state index in [2.05, 4.69) is 5.32 Å². The molecule has 3 nitrogen and oxygen atoms in total. The topological polar surface area (TPSA) is 45.0 Å². The van der Waals surface area contributed by atoms with Crippen molar-refractivity contribution in [2.45, 2.75) is 6.42 Å². The van der Waals surface area contributed by atoms with Crippen molar-refractivity contribution in [2.75, 3.05) is 25.6 Å². The van der Waals surface area contributed by atoms with E-state index in [1.54, 1.807) is 13.2 Å². The van der Waals surface area contributed by atoms with Gasteiger partial charge in [-0.1, -0.05) is 0 Å². The first-order valence-electron chi connectivity index (χ1n) is 4.70. The third kappa shape index (κ3) is 3.56. The summed E-state index contributed by atoms with van der Waals surface area (Å²) in [6, 6.07) is 6.07. The number of methoxy groups -OCH3 is 1. The van der Waals surface area contributed by atoms with Crippen molar-refractivity contribution in [2.24, 2.45) is 0 Å². The second-order valence-corrected chi connectivity index (χ2v) is 3.07. The molecule has 0 amide bonds. The van der Waals surface area contributed by atoms with E-state index < -0.39 is 5.82 Å². The van der Waals surface area contributed by atoms with E-state index in [1.165, 1.54) is 12.1 Å². The molecule has 0 aliphatic heterocycles. The highest BCUT2D eigenvalue weighted by Crippen LogP contribution is 2.15. The third-order valence-corrected chi connectivity index (χ3v) is 1.94. The SMILES string of the molecule is COCCCNc1ccc(F)cc1C#N. The van der Waals surface area contributed by atoms with Gasteiger partial charge in [0, 0.05) is 20.3 Å². The molecule has 0 radical (unpaired) electrons. The van der Waals surface area contributed by atoms with Gasteiger partial charge in [-0.2, -0.15) is 5.26 Å². The molecule has 0 aliphatic carbocycles. The molecule has 0 bridgehead atoms. The summed E-state index contributed by atoms with van der Waals surface area (Å²) in [4.78, 5) is 0. The average molecular weight is 208 g/mol. The van der Waals surface area contributed by atoms with Crippen LogP contribution in [-0.2, 0) is 4.74 Å². The summed E-state index contributed by atoms with van der Waals surface area (Å²) in [5.74, 6) is -0.394. The Hall–Kier alpha value is -1.60. The number of hydrogen-bond donors (Lipinski definition) is 1. The third-order valence-electron chi connectivity index (χ3n) is 1.94. The summed E-state index contributed by atoms with van der Waals surface area (Å²) in [6.45, 7) is 1.37. The van der Waals surface area contributed by atoms with E-state index in [0.717, 1.165) is 6.42 Å². The number of benzene rings is 1. The van der Waals surface area contributed by atoms with Crippen LogP contribution < -0.4 is 5.32 Å². The van der Waals surface area contributed by atoms with Gasteiger partial charge >= 0.3 is 0 Å². The molecule has 0 fully saturated rings. The molecule has 1 rings (SSSR count). The maximum Gasteiger partial charge on any atom is 0.124 e. The molecule has 1 aromatic carbocycles. The second-order valence-electron chi connectivity index (χ2n) is 3.07. The fourth-order valence-corrected chi connectivity index (χ4v) is 1.20. The minimum Gasteiger partial charge on any atom is -0.385 e. The molecular formula is C11H13FN2O. The number of anilines is 1. The summed E-state index contributed by atoms with van der Waals surface area (Å²) >= 11 is 0. The van der Waals surface area contributed by atoms with Crippen LogP contribution in [0.3, 0.4) is 0 Å². The molecular weight excluding hydrogens is 195 g/mol. The Labute approximate surface area is 88.5 Å². The van der Waals surface area contributed by atoms with E-state index in [0.29, 0.717) is 24.4 Å². The number of nitriles is 1. The first-order valence-corrected chi connectivity index (χ1v) is 4.70. The molecule has 0 unspecified atom stereocenters. The van der Waals surface area contributed by atoms with Crippen LogP contribution in [0.25, 0.3) is 0 Å². The van der Waals surface area contributed by atoms with Gasteiger partial charge in [0.15, 0.2) is 0 Å². The van der Waals surface area contributed by atoms with E-state index in [1.807, 2.05) is 6.07 Å². The molecule has 80 valence electrons. The predicted octanol–water partition coefficient (Wildman–Crippen LogP) is 2.15. The molecule has 0 saturated carbocycles. The molecule has 0 aromatic heterocycles. The summed E-state index contributed by atoms with van der Waals surface area (Å²) in [5.41, 5.74) is 0.988. The Morgan fingerprint density at radius 3 is 3.00 bits per heavy atom. The van der Waals surface area contributed by atoms with Gasteiger partial charge in [-0.3, -0.25) is 0 Å². The van der Waals surface area contributed by atoms with Crippen LogP contribution in [0.1, 0.15) is 12.0 Å². The zero-order chi connectivity index (χ0) is 11.1. The number of rotatable bonds is 5. The largest absolute Gasteiger partial charge is 0.385 e. The highest BCUT2D eigenvalue weighted by Gasteiger charge is 2.02. The van der Waals surface area contributed by atoms with Crippen molar-refractivity contribution in [3.05, 3.63) is 29.6 Å². The smallest absolute Gasteiger partial charge is 0.124 e. The lowest BCUT2D eigenvalue weighted by molar-refractivity contribution is 0.198. The minimum absolute atomic E-state index is 0.326. The second kappa shape index (κ2) is 5.99. The van der Waals surface area contributed by atoms with Crippen LogP contribution in [0.15, 0.2) is 18.2 Å². The fourth-order valence-electron chi connectivity index (χ4n) is 1.20. The minimum atomic E-state index is -0.394. The molecule has 15 heavy (non-hydrogen) atoms. The van der Waals surface area contributed by atoms with Crippen molar-refractivity contribution >= 4 is 5.69 Å². The lowest BCUT2D eigenvalue weighted by Crippen LogP contribution is -2.06. The highest BCUT2D eigenvalue weighted by atomic mass is 19.1. The van der Waals surface area contributed by atoms with Crippen LogP contribution in [-0.4, -0.2) is 20.3 Å². The van der Waals surface area contributed by atoms with Crippen molar-refractivity contribution in [3.8, 4) is 6.07 Å². The number of ether oxygens (including phenoxy) is 1. The van der Waals surface area contributed by atoms with E-state index in [9.17, 15) is 4.39 Å². The van der Waals surface area contributed by atoms with Gasteiger partial charge in [-0.05, 0) is 24.6 Å². The Kier molecular flexibility index (Phi) is 4.58. The molecule has 0 spiro atoms. The Balaban J connectivity index is 2.57. The highest BCUT2D eigenvalue weighted by molar-refractivity contribution is 5.57. The summed E-state index contributed by atoms with van der Waals surface area (Å²) in [5, 5.41) is 11.8. The van der Waals surface area contributed by atoms with Gasteiger partial charge < -0.3 is 10.1 Å². The van der Waals surface area contributed by atoms with Gasteiger partial charge in [0.05, 0.1) is 11.3 Å². The van der Waals surface area contributed by atoms with Crippen molar-refractivity contribution in [1.29, 1.82) is 5.26 Å². The normalized spacial score (nSPS) is 9.67. The molecule has 0 heterocycles. The van der Waals surface area contributed by atoms with Crippen molar-refractivity contribution in [3.63, 3.8) is 0 Å². The Morgan fingerprint density at radius 1 is 1.53 bits per heavy atom. The number of halogens is 1. The number of hydrogen-bond acceptors (Lipinski definition) is 3. The van der Waals surface area contributed by atoms with E-state index in [4.69, 9.17) is 10.00 Å². The Bertz CT molecular complexity index is 360. The molecule has 0 atom stereocenters. The fraction of sp³-hybridized carbons (Fsp3) is 0.364. The quantitative estimate of drug-likeness (QED) is 0.754. The summed E-state index contributed by atoms with van der Waals surface area (Å²) in [7, 11) is 1.64. The van der Waals surface area contributed by atoms with Gasteiger partial charge in [0.2, 0.25) is 0 Å². The van der Waals surface area contributed by atoms with Gasteiger partial charge in [-0.15, -0.1) is 0 Å². The summed E-state index contributed by atoms with van der Waals surface area (Å²) in [6.07, 6.45) is 0.846. The molecule has 0 saturated heterocycles. The molecule has 4 heteroatoms. The predicted molar refractivity (Wildman–Crippen MR) is 56.1 cm³/mol. The zero-order valence-electron chi connectivity index (χ0n) is 8.59. The lowest BCUT2D eigenvalue weighted by Gasteiger charge is -2.07. The maximum atomic E-state index is 12.8. The number of nitrogens with zero attached hydrogens (tertiary/aromatic N) is 1. The number of nitrogens with one attached hydrogen (secondary N) is 1. The van der Waals surface area contributed by atoms with Crippen molar-refractivity contribution in [1.82, 2.24) is 0 Å². The van der Waals surface area contributed by atoms with Gasteiger partial charge in [0.25, 0.3) is 0 Å². The van der Waals surface area contributed by atoms with E-state index >= 15 is 0 Å². The van der Waals surface area contributed by atoms with Gasteiger partial charge in [0.1, 0.15) is 11.9 Å². The van der Waals surface area contributed by atoms with Crippen molar-refractivity contribution < 1.29 is 9.13 Å². The average Bonchev–Trinajstić information content (AvgIpc) is 2.26. The van der Waals surface area contributed by atoms with Crippen LogP contribution >= 0.6 is 0 Å². The lowest BCUT2D eigenvalue weighted by atomic mass is 10.2. The van der Waals surface area contributed by atoms with Crippen LogP contribution in [0.2, 0.25) is 0 Å².